The summed E-state index contributed by atoms with van der Waals surface area (Å²) in [4.78, 5) is 0. The lowest BCUT2D eigenvalue weighted by Gasteiger charge is -2.33. The summed E-state index contributed by atoms with van der Waals surface area (Å²) in [5.74, 6) is 0. The molecular weight excluding hydrogens is 134 g/mol. The molecule has 1 rings (SSSR count). The van der Waals surface area contributed by atoms with E-state index in [0.29, 0.717) is 6.42 Å². The zero-order valence-corrected chi connectivity index (χ0v) is 5.90. The van der Waals surface area contributed by atoms with Crippen LogP contribution in [0.1, 0.15) is 13.3 Å². The van der Waals surface area contributed by atoms with Crippen LogP contribution in [0.5, 0.6) is 0 Å². The van der Waals surface area contributed by atoms with Gasteiger partial charge in [0.05, 0.1) is 6.10 Å². The van der Waals surface area contributed by atoms with Crippen molar-refractivity contribution in [1.29, 1.82) is 0 Å². The van der Waals surface area contributed by atoms with E-state index in [1.807, 2.05) is 6.92 Å². The first-order valence-electron chi connectivity index (χ1n) is 3.38. The largest absolute Gasteiger partial charge is 0.386 e. The summed E-state index contributed by atoms with van der Waals surface area (Å²) in [7, 11) is 0. The van der Waals surface area contributed by atoms with Gasteiger partial charge < -0.3 is 20.7 Å². The highest BCUT2D eigenvalue weighted by atomic mass is 16.6. The van der Waals surface area contributed by atoms with Crippen molar-refractivity contribution in [3.63, 3.8) is 0 Å². The van der Waals surface area contributed by atoms with Crippen molar-refractivity contribution in [3.05, 3.63) is 0 Å². The monoisotopic (exact) mass is 147 g/mol. The van der Waals surface area contributed by atoms with Crippen molar-refractivity contribution >= 4 is 0 Å². The Bertz CT molecular complexity index is 108. The van der Waals surface area contributed by atoms with Crippen LogP contribution < -0.4 is 5.73 Å². The first-order valence-corrected chi connectivity index (χ1v) is 3.38. The molecule has 1 fully saturated rings. The first-order chi connectivity index (χ1) is 4.61. The van der Waals surface area contributed by atoms with Crippen LogP contribution in [0.15, 0.2) is 0 Å². The van der Waals surface area contributed by atoms with E-state index in [9.17, 15) is 0 Å². The van der Waals surface area contributed by atoms with Crippen LogP contribution in [-0.2, 0) is 4.74 Å². The van der Waals surface area contributed by atoms with Crippen LogP contribution in [0, 0.1) is 0 Å². The summed E-state index contributed by atoms with van der Waals surface area (Å²) in [5, 5.41) is 18.0. The number of rotatable bonds is 0. The van der Waals surface area contributed by atoms with Crippen LogP contribution in [0.3, 0.4) is 0 Å². The van der Waals surface area contributed by atoms with E-state index in [-0.39, 0.29) is 12.1 Å². The van der Waals surface area contributed by atoms with E-state index >= 15 is 0 Å². The summed E-state index contributed by atoms with van der Waals surface area (Å²) < 4.78 is 4.89. The number of ether oxygens (including phenoxy) is 1. The molecule has 0 radical (unpaired) electrons. The van der Waals surface area contributed by atoms with E-state index in [2.05, 4.69) is 0 Å². The third kappa shape index (κ3) is 1.46. The van der Waals surface area contributed by atoms with Crippen molar-refractivity contribution in [1.82, 2.24) is 0 Å². The molecule has 4 N–H and O–H groups in total. The molecule has 0 unspecified atom stereocenters. The molecule has 0 aliphatic carbocycles. The Morgan fingerprint density at radius 3 is 2.60 bits per heavy atom. The average Bonchev–Trinajstić information content (AvgIpc) is 1.82. The number of aliphatic hydroxyl groups excluding tert-OH is 2. The molecule has 60 valence electrons. The summed E-state index contributed by atoms with van der Waals surface area (Å²) >= 11 is 0. The Morgan fingerprint density at radius 2 is 2.10 bits per heavy atom. The van der Waals surface area contributed by atoms with Gasteiger partial charge in [-0.3, -0.25) is 0 Å². The van der Waals surface area contributed by atoms with Gasteiger partial charge in [0.15, 0.2) is 6.29 Å². The van der Waals surface area contributed by atoms with Crippen LogP contribution in [0.4, 0.5) is 0 Å². The van der Waals surface area contributed by atoms with Gasteiger partial charge in [0.25, 0.3) is 0 Å². The van der Waals surface area contributed by atoms with Crippen molar-refractivity contribution < 1.29 is 14.9 Å². The van der Waals surface area contributed by atoms with Crippen LogP contribution in [0.2, 0.25) is 0 Å². The number of aliphatic hydroxyl groups is 2. The van der Waals surface area contributed by atoms with Gasteiger partial charge in [-0.15, -0.1) is 0 Å². The maximum Gasteiger partial charge on any atom is 0.182 e. The van der Waals surface area contributed by atoms with E-state index in [1.165, 1.54) is 0 Å². The molecule has 0 aromatic heterocycles. The zero-order chi connectivity index (χ0) is 7.72. The molecule has 4 atom stereocenters. The Kier molecular flexibility index (Phi) is 2.25. The molecule has 10 heavy (non-hydrogen) atoms. The normalized spacial score (nSPS) is 49.2. The lowest BCUT2D eigenvalue weighted by molar-refractivity contribution is -0.216. The lowest BCUT2D eigenvalue weighted by atomic mass is 10.0. The predicted octanol–water partition coefficient (Wildman–Crippen LogP) is -1.20. The molecule has 1 aliphatic heterocycles. The number of hydrogen-bond donors (Lipinski definition) is 3. The summed E-state index contributed by atoms with van der Waals surface area (Å²) in [6, 6.07) is -0.362. The Morgan fingerprint density at radius 1 is 1.50 bits per heavy atom. The van der Waals surface area contributed by atoms with Gasteiger partial charge in [-0.2, -0.15) is 0 Å². The lowest BCUT2D eigenvalue weighted by Crippen LogP contribution is -2.51. The number of nitrogens with two attached hydrogens (primary N) is 1. The molecule has 0 spiro atoms. The molecule has 4 nitrogen and oxygen atoms in total. The fourth-order valence-corrected chi connectivity index (χ4v) is 1.11. The Hall–Kier alpha value is -0.160. The zero-order valence-electron chi connectivity index (χ0n) is 5.90. The molecular formula is C6H13NO3. The maximum atomic E-state index is 9.06. The molecule has 0 bridgehead atoms. The highest BCUT2D eigenvalue weighted by Gasteiger charge is 2.32. The summed E-state index contributed by atoms with van der Waals surface area (Å²) in [6.45, 7) is 1.81. The van der Waals surface area contributed by atoms with Gasteiger partial charge in [-0.1, -0.05) is 0 Å². The van der Waals surface area contributed by atoms with Crippen LogP contribution in [-0.4, -0.2) is 34.8 Å². The smallest absolute Gasteiger partial charge is 0.182 e. The predicted molar refractivity (Wildman–Crippen MR) is 35.2 cm³/mol. The van der Waals surface area contributed by atoms with E-state index in [1.54, 1.807) is 0 Å². The first kappa shape index (κ1) is 7.94. The quantitative estimate of drug-likeness (QED) is 0.402. The molecule has 1 saturated heterocycles. The fourth-order valence-electron chi connectivity index (χ4n) is 1.11. The van der Waals surface area contributed by atoms with E-state index in [4.69, 9.17) is 20.7 Å². The minimum absolute atomic E-state index is 0.0617. The summed E-state index contributed by atoms with van der Waals surface area (Å²) in [6.07, 6.45) is -1.51. The van der Waals surface area contributed by atoms with Crippen molar-refractivity contribution in [3.8, 4) is 0 Å². The van der Waals surface area contributed by atoms with Gasteiger partial charge in [-0.25, -0.2) is 0 Å². The van der Waals surface area contributed by atoms with Crippen molar-refractivity contribution in [2.24, 2.45) is 5.73 Å². The van der Waals surface area contributed by atoms with Gasteiger partial charge in [0, 0.05) is 6.04 Å². The Balaban J connectivity index is 2.49. The van der Waals surface area contributed by atoms with Crippen molar-refractivity contribution in [2.75, 3.05) is 0 Å². The second-order valence-electron chi connectivity index (χ2n) is 2.73. The highest BCUT2D eigenvalue weighted by molar-refractivity contribution is 4.81. The molecule has 1 heterocycles. The molecule has 0 saturated carbocycles. The standard InChI is InChI=1S/C6H13NO3/c1-3-2-4(7)5(8)6(9)10-3/h3-6,8-9H,2,7H2,1H3/t3-,4+,5+,6+/m0/s1. The minimum atomic E-state index is -1.11. The third-order valence-corrected chi connectivity index (χ3v) is 1.71. The van der Waals surface area contributed by atoms with Gasteiger partial charge >= 0.3 is 0 Å². The molecule has 4 heteroatoms. The molecule has 0 aromatic carbocycles. The number of hydrogen-bond acceptors (Lipinski definition) is 4. The third-order valence-electron chi connectivity index (χ3n) is 1.71. The minimum Gasteiger partial charge on any atom is -0.386 e. The fraction of sp³-hybridized carbons (Fsp3) is 1.00. The van der Waals surface area contributed by atoms with Gasteiger partial charge in [0.1, 0.15) is 6.10 Å². The maximum absolute atomic E-state index is 9.06. The average molecular weight is 147 g/mol. The molecule has 0 amide bonds. The summed E-state index contributed by atoms with van der Waals surface area (Å²) in [5.41, 5.74) is 5.47. The molecule has 1 aliphatic rings. The van der Waals surface area contributed by atoms with Gasteiger partial charge in [0.2, 0.25) is 0 Å². The van der Waals surface area contributed by atoms with Crippen molar-refractivity contribution in [2.45, 2.75) is 37.9 Å². The van der Waals surface area contributed by atoms with E-state index in [0.717, 1.165) is 0 Å². The topological polar surface area (TPSA) is 75.7 Å². The Labute approximate surface area is 59.6 Å². The molecule has 0 aromatic rings. The highest BCUT2D eigenvalue weighted by Crippen LogP contribution is 2.16. The second kappa shape index (κ2) is 2.84. The van der Waals surface area contributed by atoms with E-state index < -0.39 is 12.4 Å². The van der Waals surface area contributed by atoms with Gasteiger partial charge in [-0.05, 0) is 13.3 Å². The second-order valence-corrected chi connectivity index (χ2v) is 2.73. The van der Waals surface area contributed by atoms with Crippen LogP contribution in [0.25, 0.3) is 0 Å². The SMILES string of the molecule is C[C@H]1C[C@@H](N)[C@@H](O)[C@H](O)O1. The van der Waals surface area contributed by atoms with Crippen LogP contribution >= 0.6 is 0 Å².